The van der Waals surface area contributed by atoms with Gasteiger partial charge < -0.3 is 0 Å². The van der Waals surface area contributed by atoms with E-state index in [-0.39, 0.29) is 18.2 Å². The van der Waals surface area contributed by atoms with Gasteiger partial charge in [0.05, 0.1) is 18.2 Å². The number of nitrogens with one attached hydrogen (secondary N) is 2. The van der Waals surface area contributed by atoms with E-state index >= 15 is 0 Å². The molecule has 6 heteroatoms. The van der Waals surface area contributed by atoms with Gasteiger partial charge in [0.25, 0.3) is 0 Å². The molecule has 1 aliphatic rings. The van der Waals surface area contributed by atoms with Crippen LogP contribution in [-0.2, 0) is 23.2 Å². The summed E-state index contributed by atoms with van der Waals surface area (Å²) in [7, 11) is 1.83. The molecule has 1 aliphatic heterocycles. The molecule has 0 spiro atoms. The van der Waals surface area contributed by atoms with E-state index in [1.165, 1.54) is 0 Å². The fourth-order valence-corrected chi connectivity index (χ4v) is 1.52. The molecule has 1 fully saturated rings. The zero-order valence-electron chi connectivity index (χ0n) is 8.36. The summed E-state index contributed by atoms with van der Waals surface area (Å²) in [6.45, 7) is 0.530. The van der Waals surface area contributed by atoms with E-state index in [0.29, 0.717) is 6.54 Å². The average Bonchev–Trinajstić information content (AvgIpc) is 2.70. The monoisotopic (exact) mass is 208 g/mol. The van der Waals surface area contributed by atoms with Gasteiger partial charge in [0.1, 0.15) is 0 Å². The zero-order chi connectivity index (χ0) is 10.8. The highest BCUT2D eigenvalue weighted by Gasteiger charge is 2.29. The zero-order valence-corrected chi connectivity index (χ0v) is 8.36. The summed E-state index contributed by atoms with van der Waals surface area (Å²) in [5.74, 6) is -0.468. The number of carbonyl (C=O) groups is 2. The average molecular weight is 208 g/mol. The van der Waals surface area contributed by atoms with Crippen LogP contribution in [0.5, 0.6) is 0 Å². The third-order valence-electron chi connectivity index (χ3n) is 2.42. The van der Waals surface area contributed by atoms with Crippen LogP contribution in [0, 0.1) is 0 Å². The van der Waals surface area contributed by atoms with Crippen molar-refractivity contribution in [3.8, 4) is 0 Å². The first-order chi connectivity index (χ1) is 7.16. The van der Waals surface area contributed by atoms with Gasteiger partial charge >= 0.3 is 0 Å². The number of rotatable bonds is 3. The molecule has 15 heavy (non-hydrogen) atoms. The minimum atomic E-state index is -0.410. The van der Waals surface area contributed by atoms with E-state index in [9.17, 15) is 9.59 Å². The molecular formula is C9H12N4O2. The van der Waals surface area contributed by atoms with Crippen molar-refractivity contribution < 1.29 is 9.59 Å². The third-order valence-corrected chi connectivity index (χ3v) is 2.42. The highest BCUT2D eigenvalue weighted by molar-refractivity contribution is 6.05. The lowest BCUT2D eigenvalue weighted by atomic mass is 10.2. The number of hydrogen-bond acceptors (Lipinski definition) is 4. The summed E-state index contributed by atoms with van der Waals surface area (Å²) in [6, 6.07) is 1.45. The van der Waals surface area contributed by atoms with E-state index in [4.69, 9.17) is 0 Å². The minimum absolute atomic E-state index is 0.219. The standard InChI is InChI=1S/C9H12N4O2/c1-13-6(2-3-11-13)5-10-7-4-8(14)12-9(7)15/h2-3,7,10H,4-5H2,1H3,(H,12,14,15). The summed E-state index contributed by atoms with van der Waals surface area (Å²) in [5.41, 5.74) is 0.974. The maximum Gasteiger partial charge on any atom is 0.244 e. The van der Waals surface area contributed by atoms with Crippen molar-refractivity contribution in [2.24, 2.45) is 7.05 Å². The van der Waals surface area contributed by atoms with Gasteiger partial charge in [-0.05, 0) is 6.07 Å². The molecule has 2 amide bonds. The van der Waals surface area contributed by atoms with Crippen molar-refractivity contribution in [3.63, 3.8) is 0 Å². The van der Waals surface area contributed by atoms with Gasteiger partial charge in [-0.1, -0.05) is 0 Å². The lowest BCUT2D eigenvalue weighted by molar-refractivity contribution is -0.125. The number of amides is 2. The van der Waals surface area contributed by atoms with Gasteiger partial charge in [0.2, 0.25) is 11.8 Å². The van der Waals surface area contributed by atoms with Gasteiger partial charge in [-0.3, -0.25) is 24.9 Å². The molecule has 1 aromatic rings. The second kappa shape index (κ2) is 3.82. The van der Waals surface area contributed by atoms with E-state index in [1.54, 1.807) is 10.9 Å². The largest absolute Gasteiger partial charge is 0.300 e. The van der Waals surface area contributed by atoms with Crippen LogP contribution in [0.2, 0.25) is 0 Å². The first-order valence-electron chi connectivity index (χ1n) is 4.71. The van der Waals surface area contributed by atoms with Gasteiger partial charge in [0.15, 0.2) is 0 Å². The molecule has 1 aromatic heterocycles. The molecule has 1 saturated heterocycles. The lowest BCUT2D eigenvalue weighted by Gasteiger charge is -2.08. The minimum Gasteiger partial charge on any atom is -0.300 e. The predicted molar refractivity (Wildman–Crippen MR) is 51.6 cm³/mol. The Balaban J connectivity index is 1.91. The van der Waals surface area contributed by atoms with Crippen molar-refractivity contribution in [2.75, 3.05) is 0 Å². The van der Waals surface area contributed by atoms with E-state index in [2.05, 4.69) is 15.7 Å². The fourth-order valence-electron chi connectivity index (χ4n) is 1.52. The third kappa shape index (κ3) is 2.04. The second-order valence-electron chi connectivity index (χ2n) is 3.50. The van der Waals surface area contributed by atoms with Crippen molar-refractivity contribution in [2.45, 2.75) is 19.0 Å². The van der Waals surface area contributed by atoms with Crippen LogP contribution in [0.1, 0.15) is 12.1 Å². The Labute approximate surface area is 86.6 Å². The molecule has 0 aliphatic carbocycles. The molecular weight excluding hydrogens is 196 g/mol. The van der Waals surface area contributed by atoms with Crippen LogP contribution in [0.25, 0.3) is 0 Å². The number of carbonyl (C=O) groups excluding carboxylic acids is 2. The van der Waals surface area contributed by atoms with Crippen molar-refractivity contribution in [1.82, 2.24) is 20.4 Å². The van der Waals surface area contributed by atoms with Crippen LogP contribution < -0.4 is 10.6 Å². The number of aryl methyl sites for hydroxylation is 1. The first kappa shape index (κ1) is 9.85. The Morgan fingerprint density at radius 1 is 1.67 bits per heavy atom. The van der Waals surface area contributed by atoms with Crippen LogP contribution in [0.4, 0.5) is 0 Å². The molecule has 80 valence electrons. The molecule has 0 radical (unpaired) electrons. The van der Waals surface area contributed by atoms with Crippen LogP contribution in [-0.4, -0.2) is 27.6 Å². The quantitative estimate of drug-likeness (QED) is 0.620. The van der Waals surface area contributed by atoms with Gasteiger partial charge in [-0.15, -0.1) is 0 Å². The fraction of sp³-hybridized carbons (Fsp3) is 0.444. The molecule has 0 bridgehead atoms. The van der Waals surface area contributed by atoms with Crippen LogP contribution >= 0.6 is 0 Å². The number of aromatic nitrogens is 2. The lowest BCUT2D eigenvalue weighted by Crippen LogP contribution is -2.36. The van der Waals surface area contributed by atoms with Gasteiger partial charge in [0, 0.05) is 19.8 Å². The first-order valence-corrected chi connectivity index (χ1v) is 4.71. The molecule has 0 saturated carbocycles. The summed E-state index contributed by atoms with van der Waals surface area (Å²) in [5, 5.41) is 9.27. The topological polar surface area (TPSA) is 76.0 Å². The van der Waals surface area contributed by atoms with Crippen molar-refractivity contribution >= 4 is 11.8 Å². The predicted octanol–water partition coefficient (Wildman–Crippen LogP) is -1.08. The van der Waals surface area contributed by atoms with Gasteiger partial charge in [-0.25, -0.2) is 0 Å². The molecule has 2 N–H and O–H groups in total. The van der Waals surface area contributed by atoms with Crippen molar-refractivity contribution in [1.29, 1.82) is 0 Å². The molecule has 1 unspecified atom stereocenters. The van der Waals surface area contributed by atoms with Crippen LogP contribution in [0.15, 0.2) is 12.3 Å². The van der Waals surface area contributed by atoms with Gasteiger partial charge in [-0.2, -0.15) is 5.10 Å². The van der Waals surface area contributed by atoms with E-state index in [0.717, 1.165) is 5.69 Å². The Morgan fingerprint density at radius 2 is 2.47 bits per heavy atom. The smallest absolute Gasteiger partial charge is 0.244 e. The summed E-state index contributed by atoms with van der Waals surface area (Å²) >= 11 is 0. The Bertz CT molecular complexity index is 399. The molecule has 2 rings (SSSR count). The van der Waals surface area contributed by atoms with E-state index in [1.807, 2.05) is 13.1 Å². The second-order valence-corrected chi connectivity index (χ2v) is 3.50. The molecule has 2 heterocycles. The summed E-state index contributed by atoms with van der Waals surface area (Å²) < 4.78 is 1.72. The summed E-state index contributed by atoms with van der Waals surface area (Å²) in [6.07, 6.45) is 1.91. The molecule has 6 nitrogen and oxygen atoms in total. The molecule has 1 atom stereocenters. The maximum absolute atomic E-state index is 11.2. The Kier molecular flexibility index (Phi) is 2.51. The highest BCUT2D eigenvalue weighted by atomic mass is 16.2. The Morgan fingerprint density at radius 3 is 3.00 bits per heavy atom. The Hall–Kier alpha value is -1.69. The summed E-state index contributed by atoms with van der Waals surface area (Å²) in [4.78, 5) is 22.1. The normalized spacial score (nSPS) is 20.7. The number of hydrogen-bond donors (Lipinski definition) is 2. The maximum atomic E-state index is 11.2. The molecule has 0 aromatic carbocycles. The SMILES string of the molecule is Cn1nccc1CNC1CC(=O)NC1=O. The highest BCUT2D eigenvalue weighted by Crippen LogP contribution is 2.03. The number of nitrogens with zero attached hydrogens (tertiary/aromatic N) is 2. The van der Waals surface area contributed by atoms with E-state index < -0.39 is 6.04 Å². The van der Waals surface area contributed by atoms with Crippen molar-refractivity contribution in [3.05, 3.63) is 18.0 Å². The van der Waals surface area contributed by atoms with Crippen LogP contribution in [0.3, 0.4) is 0 Å². The number of imide groups is 1.